The molecule has 4 rings (SSSR count). The fourth-order valence-corrected chi connectivity index (χ4v) is 3.70. The Morgan fingerprint density at radius 2 is 1.83 bits per heavy atom. The van der Waals surface area contributed by atoms with Crippen LogP contribution in [0, 0.1) is 12.7 Å². The number of fused-ring (bicyclic) bond motifs is 1. The number of amides is 1. The Kier molecular flexibility index (Phi) is 7.30. The third kappa shape index (κ3) is 5.60. The number of anilines is 1. The van der Waals surface area contributed by atoms with E-state index < -0.39 is 11.7 Å². The monoisotopic (exact) mass is 474 g/mol. The highest BCUT2D eigenvalue weighted by Crippen LogP contribution is 2.29. The van der Waals surface area contributed by atoms with Crippen molar-refractivity contribution in [1.29, 1.82) is 0 Å². The lowest BCUT2D eigenvalue weighted by molar-refractivity contribution is 0.0976. The molecule has 0 aliphatic rings. The molecule has 4 aromatic rings. The number of ether oxygens (including phenoxy) is 2. The Balaban J connectivity index is 1.56. The van der Waals surface area contributed by atoms with E-state index in [9.17, 15) is 9.18 Å². The first kappa shape index (κ1) is 23.8. The van der Waals surface area contributed by atoms with E-state index in [2.05, 4.69) is 26.7 Å². The fourth-order valence-electron chi connectivity index (χ4n) is 3.70. The molecule has 0 aliphatic heterocycles. The van der Waals surface area contributed by atoms with Gasteiger partial charge < -0.3 is 19.8 Å². The van der Waals surface area contributed by atoms with Crippen LogP contribution in [0.15, 0.2) is 71.9 Å². The summed E-state index contributed by atoms with van der Waals surface area (Å²) in [5.74, 6) is 0.437. The van der Waals surface area contributed by atoms with Crippen LogP contribution >= 0.6 is 0 Å². The number of aromatic amines is 1. The molecule has 3 N–H and O–H groups in total. The highest BCUT2D eigenvalue weighted by Gasteiger charge is 2.13. The van der Waals surface area contributed by atoms with Crippen molar-refractivity contribution in [3.63, 3.8) is 0 Å². The maximum atomic E-state index is 14.0. The van der Waals surface area contributed by atoms with Crippen molar-refractivity contribution < 1.29 is 18.7 Å². The predicted octanol–water partition coefficient (Wildman–Crippen LogP) is 5.07. The number of para-hydroxylation sites is 1. The van der Waals surface area contributed by atoms with Crippen molar-refractivity contribution >= 4 is 28.5 Å². The van der Waals surface area contributed by atoms with Crippen LogP contribution in [0.4, 0.5) is 10.1 Å². The molecule has 0 radical (unpaired) electrons. The lowest BCUT2D eigenvalue weighted by atomic mass is 10.1. The van der Waals surface area contributed by atoms with Gasteiger partial charge >= 0.3 is 0 Å². The molecule has 0 saturated carbocycles. The number of rotatable bonds is 7. The molecule has 0 bridgehead atoms. The smallest absolute Gasteiger partial charge is 0.258 e. The summed E-state index contributed by atoms with van der Waals surface area (Å²) < 4.78 is 24.7. The molecule has 3 aromatic carbocycles. The quantitative estimate of drug-likeness (QED) is 0.258. The van der Waals surface area contributed by atoms with Gasteiger partial charge in [0.05, 0.1) is 14.2 Å². The molecule has 0 unspecified atom stereocenters. The molecule has 0 atom stereocenters. The minimum atomic E-state index is -0.470. The van der Waals surface area contributed by atoms with Gasteiger partial charge in [-0.05, 0) is 54.8 Å². The van der Waals surface area contributed by atoms with Crippen LogP contribution in [0.5, 0.6) is 11.5 Å². The van der Waals surface area contributed by atoms with Gasteiger partial charge in [0, 0.05) is 41.0 Å². The Hall–Kier alpha value is -4.33. The summed E-state index contributed by atoms with van der Waals surface area (Å²) in [7, 11) is 3.11. The van der Waals surface area contributed by atoms with Crippen LogP contribution in [0.3, 0.4) is 0 Å². The maximum absolute atomic E-state index is 14.0. The molecule has 0 aliphatic carbocycles. The average Bonchev–Trinajstić information content (AvgIpc) is 3.28. The number of benzene rings is 3. The number of hydrogen-bond acceptors (Lipinski definition) is 4. The van der Waals surface area contributed by atoms with E-state index in [1.165, 1.54) is 6.07 Å². The lowest BCUT2D eigenvalue weighted by Gasteiger charge is -2.14. The van der Waals surface area contributed by atoms with Gasteiger partial charge in [0.25, 0.3) is 5.91 Å². The van der Waals surface area contributed by atoms with E-state index >= 15 is 0 Å². The summed E-state index contributed by atoms with van der Waals surface area (Å²) in [5, 5.41) is 7.03. The Bertz CT molecular complexity index is 1380. The maximum Gasteiger partial charge on any atom is 0.258 e. The number of nitrogens with one attached hydrogen (secondary N) is 3. The largest absolute Gasteiger partial charge is 0.493 e. The standard InChI is InChI=1S/C27H27FN4O3/c1-17-8-9-18(14-22(17)28)26(33)32-27(31-20-10-11-24(34-2)25(15-20)35-3)29-13-12-19-16-30-23-7-5-4-6-21(19)23/h4-11,14-16,30H,12-13H2,1-3H3,(H2,29,31,32,33). The number of carbonyl (C=O) groups excluding carboxylic acids is 1. The van der Waals surface area contributed by atoms with Gasteiger partial charge in [-0.25, -0.2) is 4.39 Å². The number of aliphatic imine (C=N–C) groups is 1. The summed E-state index contributed by atoms with van der Waals surface area (Å²) in [6.45, 7) is 2.06. The van der Waals surface area contributed by atoms with Crippen LogP contribution < -0.4 is 20.1 Å². The van der Waals surface area contributed by atoms with Gasteiger partial charge in [-0.15, -0.1) is 0 Å². The summed E-state index contributed by atoms with van der Waals surface area (Å²) in [6, 6.07) is 17.7. The summed E-state index contributed by atoms with van der Waals surface area (Å²) in [4.78, 5) is 20.7. The number of guanidine groups is 1. The molecule has 7 nitrogen and oxygen atoms in total. The number of aryl methyl sites for hydroxylation is 1. The zero-order valence-electron chi connectivity index (χ0n) is 19.8. The highest BCUT2D eigenvalue weighted by atomic mass is 19.1. The first-order valence-electron chi connectivity index (χ1n) is 11.1. The zero-order valence-corrected chi connectivity index (χ0v) is 19.8. The van der Waals surface area contributed by atoms with Crippen molar-refractivity contribution in [3.8, 4) is 11.5 Å². The van der Waals surface area contributed by atoms with E-state index in [0.717, 1.165) is 16.5 Å². The molecule has 1 heterocycles. The number of H-pyrrole nitrogens is 1. The molecule has 0 spiro atoms. The number of methoxy groups -OCH3 is 2. The van der Waals surface area contributed by atoms with Crippen molar-refractivity contribution in [2.75, 3.05) is 26.1 Å². The zero-order chi connectivity index (χ0) is 24.8. The second-order valence-electron chi connectivity index (χ2n) is 7.95. The van der Waals surface area contributed by atoms with Crippen LogP contribution in [0.2, 0.25) is 0 Å². The van der Waals surface area contributed by atoms with Crippen LogP contribution in [0.1, 0.15) is 21.5 Å². The van der Waals surface area contributed by atoms with Gasteiger partial charge in [0.2, 0.25) is 5.96 Å². The molecular formula is C27H27FN4O3. The average molecular weight is 475 g/mol. The SMILES string of the molecule is COc1ccc(NC(=NCCc2c[nH]c3ccccc23)NC(=O)c2ccc(C)c(F)c2)cc1OC. The number of nitrogens with zero attached hydrogens (tertiary/aromatic N) is 1. The Labute approximate surface area is 203 Å². The molecule has 1 amide bonds. The van der Waals surface area contributed by atoms with E-state index in [1.807, 2.05) is 24.4 Å². The second-order valence-corrected chi connectivity index (χ2v) is 7.95. The normalized spacial score (nSPS) is 11.4. The van der Waals surface area contributed by atoms with Gasteiger partial charge in [-0.3, -0.25) is 15.1 Å². The van der Waals surface area contributed by atoms with Crippen LogP contribution in [-0.4, -0.2) is 37.6 Å². The first-order chi connectivity index (χ1) is 17.0. The van der Waals surface area contributed by atoms with E-state index in [1.54, 1.807) is 51.5 Å². The second kappa shape index (κ2) is 10.7. The summed E-state index contributed by atoms with van der Waals surface area (Å²) in [5.41, 5.74) is 3.50. The van der Waals surface area contributed by atoms with Crippen LogP contribution in [0.25, 0.3) is 10.9 Å². The third-order valence-corrected chi connectivity index (χ3v) is 5.64. The summed E-state index contributed by atoms with van der Waals surface area (Å²) in [6.07, 6.45) is 2.63. The minimum Gasteiger partial charge on any atom is -0.493 e. The van der Waals surface area contributed by atoms with E-state index in [-0.39, 0.29) is 11.5 Å². The Morgan fingerprint density at radius 3 is 2.60 bits per heavy atom. The third-order valence-electron chi connectivity index (χ3n) is 5.64. The number of halogens is 1. The molecule has 0 saturated heterocycles. The van der Waals surface area contributed by atoms with E-state index in [0.29, 0.717) is 35.7 Å². The highest BCUT2D eigenvalue weighted by molar-refractivity contribution is 6.10. The minimum absolute atomic E-state index is 0.201. The molecule has 8 heteroatoms. The predicted molar refractivity (Wildman–Crippen MR) is 136 cm³/mol. The number of carbonyl (C=O) groups is 1. The van der Waals surface area contributed by atoms with Gasteiger partial charge in [-0.2, -0.15) is 0 Å². The van der Waals surface area contributed by atoms with Gasteiger partial charge in [0.1, 0.15) is 5.82 Å². The molecular weight excluding hydrogens is 447 g/mol. The van der Waals surface area contributed by atoms with Crippen molar-refractivity contribution in [2.24, 2.45) is 4.99 Å². The summed E-state index contributed by atoms with van der Waals surface area (Å²) >= 11 is 0. The number of aromatic nitrogens is 1. The molecule has 0 fully saturated rings. The van der Waals surface area contributed by atoms with Crippen molar-refractivity contribution in [3.05, 3.63) is 89.4 Å². The fraction of sp³-hybridized carbons (Fsp3) is 0.185. The lowest BCUT2D eigenvalue weighted by Crippen LogP contribution is -2.36. The number of hydrogen-bond donors (Lipinski definition) is 3. The molecule has 180 valence electrons. The van der Waals surface area contributed by atoms with Crippen molar-refractivity contribution in [2.45, 2.75) is 13.3 Å². The van der Waals surface area contributed by atoms with Gasteiger partial charge in [0.15, 0.2) is 11.5 Å². The van der Waals surface area contributed by atoms with Crippen LogP contribution in [-0.2, 0) is 6.42 Å². The van der Waals surface area contributed by atoms with Gasteiger partial charge in [-0.1, -0.05) is 24.3 Å². The van der Waals surface area contributed by atoms with Crippen molar-refractivity contribution in [1.82, 2.24) is 10.3 Å². The molecule has 35 heavy (non-hydrogen) atoms. The first-order valence-corrected chi connectivity index (χ1v) is 11.1. The molecule has 1 aromatic heterocycles. The topological polar surface area (TPSA) is 87.7 Å². The van der Waals surface area contributed by atoms with E-state index in [4.69, 9.17) is 9.47 Å². The Morgan fingerprint density at radius 1 is 1.03 bits per heavy atom.